The predicted molar refractivity (Wildman–Crippen MR) is 46.3 cm³/mol. The Hall–Kier alpha value is -0.980. The molecule has 0 saturated heterocycles. The van der Waals surface area contributed by atoms with E-state index in [4.69, 9.17) is 5.11 Å². The van der Waals surface area contributed by atoms with Crippen molar-refractivity contribution < 1.29 is 27.8 Å². The molecule has 0 bridgehead atoms. The largest absolute Gasteiger partial charge is 0.440 e. The highest BCUT2D eigenvalue weighted by Crippen LogP contribution is 2.15. The van der Waals surface area contributed by atoms with Crippen LogP contribution in [0.4, 0.5) is 18.0 Å². The molecule has 90 valence electrons. The Bertz CT molecular complexity index is 216. The van der Waals surface area contributed by atoms with Crippen LogP contribution in [0.5, 0.6) is 0 Å². The molecule has 7 heteroatoms. The lowest BCUT2D eigenvalue weighted by Gasteiger charge is -2.24. The summed E-state index contributed by atoms with van der Waals surface area (Å²) < 4.78 is 38.9. The standard InChI is InChI=1S/C8H14F3NO3/c1-7(2,3-4-13)12-6(14)15-5-8(9,10)11/h13H,3-5H2,1-2H3,(H,12,14). The summed E-state index contributed by atoms with van der Waals surface area (Å²) in [6, 6.07) is 0. The molecule has 0 aliphatic rings. The van der Waals surface area contributed by atoms with Crippen LogP contribution in [0.1, 0.15) is 20.3 Å². The van der Waals surface area contributed by atoms with Crippen LogP contribution in [0.15, 0.2) is 0 Å². The third kappa shape index (κ3) is 8.04. The number of alkyl halides is 3. The molecule has 0 aliphatic heterocycles. The second-order valence-corrected chi connectivity index (χ2v) is 3.67. The van der Waals surface area contributed by atoms with Gasteiger partial charge in [-0.3, -0.25) is 0 Å². The van der Waals surface area contributed by atoms with Gasteiger partial charge in [-0.1, -0.05) is 0 Å². The first-order valence-electron chi connectivity index (χ1n) is 4.29. The number of carbonyl (C=O) groups is 1. The first-order chi connectivity index (χ1) is 6.66. The molecule has 0 aromatic carbocycles. The van der Waals surface area contributed by atoms with Crippen molar-refractivity contribution in [1.29, 1.82) is 0 Å². The molecule has 0 atom stereocenters. The fraction of sp³-hybridized carbons (Fsp3) is 0.875. The number of halogens is 3. The molecule has 0 heterocycles. The predicted octanol–water partition coefficient (Wildman–Crippen LogP) is 1.44. The molecule has 4 nitrogen and oxygen atoms in total. The van der Waals surface area contributed by atoms with Crippen LogP contribution in [0, 0.1) is 0 Å². The van der Waals surface area contributed by atoms with Crippen molar-refractivity contribution in [2.24, 2.45) is 0 Å². The van der Waals surface area contributed by atoms with E-state index in [1.165, 1.54) is 0 Å². The minimum atomic E-state index is -4.53. The summed E-state index contributed by atoms with van der Waals surface area (Å²) in [6.45, 7) is 1.34. The number of ether oxygens (including phenoxy) is 1. The minimum absolute atomic E-state index is 0.174. The SMILES string of the molecule is CC(C)(CCO)NC(=O)OCC(F)(F)F. The van der Waals surface area contributed by atoms with Gasteiger partial charge in [-0.05, 0) is 20.3 Å². The van der Waals surface area contributed by atoms with Crippen molar-refractivity contribution in [1.82, 2.24) is 5.32 Å². The van der Waals surface area contributed by atoms with E-state index in [-0.39, 0.29) is 13.0 Å². The average molecular weight is 229 g/mol. The van der Waals surface area contributed by atoms with Crippen molar-refractivity contribution in [2.75, 3.05) is 13.2 Å². The van der Waals surface area contributed by atoms with E-state index in [9.17, 15) is 18.0 Å². The Balaban J connectivity index is 3.93. The van der Waals surface area contributed by atoms with Gasteiger partial charge in [0.25, 0.3) is 0 Å². The zero-order valence-electron chi connectivity index (χ0n) is 8.52. The highest BCUT2D eigenvalue weighted by atomic mass is 19.4. The van der Waals surface area contributed by atoms with Crippen molar-refractivity contribution >= 4 is 6.09 Å². The molecule has 0 rings (SSSR count). The Morgan fingerprint density at radius 2 is 1.93 bits per heavy atom. The van der Waals surface area contributed by atoms with Crippen LogP contribution in [0.25, 0.3) is 0 Å². The Kier molecular flexibility index (Phi) is 4.86. The van der Waals surface area contributed by atoms with Gasteiger partial charge in [0.2, 0.25) is 0 Å². The molecule has 0 aliphatic carbocycles. The number of nitrogens with one attached hydrogen (secondary N) is 1. The topological polar surface area (TPSA) is 58.6 Å². The maximum absolute atomic E-state index is 11.7. The van der Waals surface area contributed by atoms with Crippen LogP contribution < -0.4 is 5.32 Å². The quantitative estimate of drug-likeness (QED) is 0.766. The number of hydrogen-bond donors (Lipinski definition) is 2. The van der Waals surface area contributed by atoms with E-state index in [1.807, 2.05) is 0 Å². The zero-order chi connectivity index (χ0) is 12.1. The van der Waals surface area contributed by atoms with Gasteiger partial charge >= 0.3 is 12.3 Å². The summed E-state index contributed by atoms with van der Waals surface area (Å²) >= 11 is 0. The minimum Gasteiger partial charge on any atom is -0.440 e. The molecule has 0 saturated carbocycles. The number of amides is 1. The lowest BCUT2D eigenvalue weighted by atomic mass is 10.0. The summed E-state index contributed by atoms with van der Waals surface area (Å²) in [6.07, 6.45) is -5.45. The van der Waals surface area contributed by atoms with Crippen LogP contribution >= 0.6 is 0 Å². The van der Waals surface area contributed by atoms with Gasteiger partial charge in [-0.2, -0.15) is 13.2 Å². The van der Waals surface area contributed by atoms with E-state index in [1.54, 1.807) is 13.8 Å². The second kappa shape index (κ2) is 5.20. The molecule has 0 radical (unpaired) electrons. The second-order valence-electron chi connectivity index (χ2n) is 3.67. The van der Waals surface area contributed by atoms with Gasteiger partial charge < -0.3 is 15.2 Å². The smallest absolute Gasteiger partial charge is 0.422 e. The molecule has 0 spiro atoms. The van der Waals surface area contributed by atoms with Crippen molar-refractivity contribution in [3.05, 3.63) is 0 Å². The first-order valence-corrected chi connectivity index (χ1v) is 4.29. The fourth-order valence-corrected chi connectivity index (χ4v) is 0.802. The molecule has 0 fully saturated rings. The average Bonchev–Trinajstić information content (AvgIpc) is 1.98. The van der Waals surface area contributed by atoms with Gasteiger partial charge in [-0.15, -0.1) is 0 Å². The van der Waals surface area contributed by atoms with Gasteiger partial charge in [0.05, 0.1) is 0 Å². The number of rotatable bonds is 4. The van der Waals surface area contributed by atoms with Crippen molar-refractivity contribution in [2.45, 2.75) is 32.0 Å². The highest BCUT2D eigenvalue weighted by Gasteiger charge is 2.30. The van der Waals surface area contributed by atoms with E-state index in [0.717, 1.165) is 0 Å². The molecule has 2 N–H and O–H groups in total. The maximum atomic E-state index is 11.7. The maximum Gasteiger partial charge on any atom is 0.422 e. The monoisotopic (exact) mass is 229 g/mol. The van der Waals surface area contributed by atoms with Gasteiger partial charge in [-0.25, -0.2) is 4.79 Å². The van der Waals surface area contributed by atoms with E-state index in [0.29, 0.717) is 0 Å². The third-order valence-corrected chi connectivity index (χ3v) is 1.54. The summed E-state index contributed by atoms with van der Waals surface area (Å²) in [5.41, 5.74) is -0.794. The summed E-state index contributed by atoms with van der Waals surface area (Å²) in [4.78, 5) is 10.9. The van der Waals surface area contributed by atoms with Crippen molar-refractivity contribution in [3.63, 3.8) is 0 Å². The molecular formula is C8H14F3NO3. The molecule has 0 unspecified atom stereocenters. The highest BCUT2D eigenvalue weighted by molar-refractivity contribution is 5.68. The summed E-state index contributed by atoms with van der Waals surface area (Å²) in [7, 11) is 0. The number of aliphatic hydroxyl groups is 1. The number of alkyl carbamates (subject to hydrolysis) is 1. The number of hydrogen-bond acceptors (Lipinski definition) is 3. The number of carbonyl (C=O) groups excluding carboxylic acids is 1. The number of aliphatic hydroxyl groups excluding tert-OH is 1. The summed E-state index contributed by atoms with van der Waals surface area (Å²) in [5.74, 6) is 0. The summed E-state index contributed by atoms with van der Waals surface area (Å²) in [5, 5.41) is 10.8. The fourth-order valence-electron chi connectivity index (χ4n) is 0.802. The van der Waals surface area contributed by atoms with Crippen molar-refractivity contribution in [3.8, 4) is 0 Å². The van der Waals surface area contributed by atoms with Crippen LogP contribution in [0.2, 0.25) is 0 Å². The lowest BCUT2D eigenvalue weighted by Crippen LogP contribution is -2.45. The Labute approximate surface area is 85.4 Å². The van der Waals surface area contributed by atoms with E-state index in [2.05, 4.69) is 10.1 Å². The normalized spacial score (nSPS) is 12.4. The van der Waals surface area contributed by atoms with Gasteiger partial charge in [0, 0.05) is 12.1 Å². The first kappa shape index (κ1) is 14.0. The molecule has 0 aromatic heterocycles. The van der Waals surface area contributed by atoms with Gasteiger partial charge in [0.15, 0.2) is 6.61 Å². The Morgan fingerprint density at radius 3 is 2.33 bits per heavy atom. The van der Waals surface area contributed by atoms with E-state index < -0.39 is 24.4 Å². The molecule has 1 amide bonds. The van der Waals surface area contributed by atoms with Crippen LogP contribution in [-0.2, 0) is 4.74 Å². The molecular weight excluding hydrogens is 215 g/mol. The Morgan fingerprint density at radius 1 is 1.40 bits per heavy atom. The molecule has 0 aromatic rings. The molecule has 15 heavy (non-hydrogen) atoms. The zero-order valence-corrected chi connectivity index (χ0v) is 8.52. The van der Waals surface area contributed by atoms with E-state index >= 15 is 0 Å². The lowest BCUT2D eigenvalue weighted by molar-refractivity contribution is -0.160. The van der Waals surface area contributed by atoms with Gasteiger partial charge in [0.1, 0.15) is 0 Å². The van der Waals surface area contributed by atoms with Crippen LogP contribution in [0.3, 0.4) is 0 Å². The third-order valence-electron chi connectivity index (χ3n) is 1.54. The van der Waals surface area contributed by atoms with Crippen LogP contribution in [-0.4, -0.2) is 36.1 Å².